The first-order valence-corrected chi connectivity index (χ1v) is 6.29. The second-order valence-electron chi connectivity index (χ2n) is 4.87. The van der Waals surface area contributed by atoms with Gasteiger partial charge in [-0.1, -0.05) is 17.7 Å². The molecule has 1 fully saturated rings. The average molecular weight is 271 g/mol. The van der Waals surface area contributed by atoms with Gasteiger partial charge < -0.3 is 10.6 Å². The van der Waals surface area contributed by atoms with Crippen molar-refractivity contribution in [2.75, 3.05) is 7.05 Å². The number of halogens is 2. The number of hydrogen-bond acceptors (Lipinski definition) is 2. The van der Waals surface area contributed by atoms with E-state index < -0.39 is 11.4 Å². The molecule has 2 rings (SSSR count). The zero-order valence-electron chi connectivity index (χ0n) is 10.2. The number of carbonyl (C=O) groups is 1. The van der Waals surface area contributed by atoms with Crippen LogP contribution in [0.4, 0.5) is 4.39 Å². The van der Waals surface area contributed by atoms with E-state index in [2.05, 4.69) is 0 Å². The van der Waals surface area contributed by atoms with E-state index in [0.717, 1.165) is 6.42 Å². The molecule has 18 heavy (non-hydrogen) atoms. The van der Waals surface area contributed by atoms with Gasteiger partial charge in [0.05, 0.1) is 5.54 Å². The summed E-state index contributed by atoms with van der Waals surface area (Å²) in [6.07, 6.45) is 2.36. The van der Waals surface area contributed by atoms with Crippen LogP contribution < -0.4 is 5.73 Å². The molecular weight excluding hydrogens is 255 g/mol. The van der Waals surface area contributed by atoms with Crippen molar-refractivity contribution in [1.29, 1.82) is 0 Å². The van der Waals surface area contributed by atoms with Gasteiger partial charge in [-0.2, -0.15) is 0 Å². The molecule has 1 aliphatic rings. The molecule has 0 unspecified atom stereocenters. The molecule has 0 aliphatic heterocycles. The summed E-state index contributed by atoms with van der Waals surface area (Å²) in [6, 6.07) is 4.49. The van der Waals surface area contributed by atoms with Gasteiger partial charge >= 0.3 is 0 Å². The van der Waals surface area contributed by atoms with E-state index >= 15 is 0 Å². The van der Waals surface area contributed by atoms with Crippen LogP contribution in [0.2, 0.25) is 5.02 Å². The van der Waals surface area contributed by atoms with Crippen LogP contribution in [0.15, 0.2) is 18.2 Å². The first-order valence-electron chi connectivity index (χ1n) is 5.91. The van der Waals surface area contributed by atoms with Crippen molar-refractivity contribution in [2.45, 2.75) is 31.3 Å². The Hall–Kier alpha value is -1.13. The molecule has 5 heteroatoms. The largest absolute Gasteiger partial charge is 0.340 e. The lowest BCUT2D eigenvalue weighted by molar-refractivity contribution is -0.139. The monoisotopic (exact) mass is 270 g/mol. The molecular formula is C13H16ClFN2O. The molecule has 1 amide bonds. The summed E-state index contributed by atoms with van der Waals surface area (Å²) in [6.45, 7) is 0.142. The molecule has 2 N–H and O–H groups in total. The van der Waals surface area contributed by atoms with Crippen LogP contribution in [-0.4, -0.2) is 23.4 Å². The summed E-state index contributed by atoms with van der Waals surface area (Å²) < 4.78 is 13.6. The van der Waals surface area contributed by atoms with Crippen LogP contribution in [0.3, 0.4) is 0 Å². The van der Waals surface area contributed by atoms with Crippen LogP contribution in [0.1, 0.15) is 24.8 Å². The van der Waals surface area contributed by atoms with E-state index in [9.17, 15) is 9.18 Å². The molecule has 1 aromatic rings. The number of benzene rings is 1. The number of nitrogens with zero attached hydrogens (tertiary/aromatic N) is 1. The Bertz CT molecular complexity index is 454. The number of nitrogens with two attached hydrogens (primary N) is 1. The molecule has 3 nitrogen and oxygen atoms in total. The van der Waals surface area contributed by atoms with Gasteiger partial charge in [0.2, 0.25) is 5.91 Å². The minimum absolute atomic E-state index is 0.142. The van der Waals surface area contributed by atoms with Crippen LogP contribution in [-0.2, 0) is 11.3 Å². The lowest BCUT2D eigenvalue weighted by atomic mass is 9.76. The van der Waals surface area contributed by atoms with E-state index in [-0.39, 0.29) is 12.5 Å². The van der Waals surface area contributed by atoms with E-state index in [4.69, 9.17) is 17.3 Å². The SMILES string of the molecule is CN(Cc1c(F)cccc1Cl)C(=O)C1(N)CCC1. The zero-order valence-corrected chi connectivity index (χ0v) is 11.0. The summed E-state index contributed by atoms with van der Waals surface area (Å²) in [7, 11) is 1.62. The van der Waals surface area contributed by atoms with Crippen molar-refractivity contribution in [2.24, 2.45) is 5.73 Å². The van der Waals surface area contributed by atoms with Crippen molar-refractivity contribution in [3.8, 4) is 0 Å². The average Bonchev–Trinajstić information content (AvgIpc) is 2.30. The standard InChI is InChI=1S/C13H16ClFN2O/c1-17(12(18)13(16)6-3-7-13)8-9-10(14)4-2-5-11(9)15/h2,4-5H,3,6-8,16H2,1H3. The Morgan fingerprint density at radius 3 is 2.72 bits per heavy atom. The third-order valence-corrected chi connectivity index (χ3v) is 3.83. The fraction of sp³-hybridized carbons (Fsp3) is 0.462. The van der Waals surface area contributed by atoms with Gasteiger partial charge in [-0.15, -0.1) is 0 Å². The van der Waals surface area contributed by atoms with Gasteiger partial charge in [0, 0.05) is 24.2 Å². The maximum atomic E-state index is 13.6. The molecule has 0 saturated heterocycles. The summed E-state index contributed by atoms with van der Waals surface area (Å²) in [5, 5.41) is 0.328. The Balaban J connectivity index is 2.12. The third kappa shape index (κ3) is 2.35. The summed E-state index contributed by atoms with van der Waals surface area (Å²) in [4.78, 5) is 13.6. The van der Waals surface area contributed by atoms with Crippen molar-refractivity contribution < 1.29 is 9.18 Å². The van der Waals surface area contributed by atoms with E-state index in [1.54, 1.807) is 19.2 Å². The van der Waals surface area contributed by atoms with Gasteiger partial charge in [-0.3, -0.25) is 4.79 Å². The highest BCUT2D eigenvalue weighted by Gasteiger charge is 2.41. The highest BCUT2D eigenvalue weighted by Crippen LogP contribution is 2.31. The zero-order chi connectivity index (χ0) is 13.3. The van der Waals surface area contributed by atoms with Crippen LogP contribution >= 0.6 is 11.6 Å². The molecule has 0 spiro atoms. The first kappa shape index (κ1) is 13.3. The first-order chi connectivity index (χ1) is 8.44. The van der Waals surface area contributed by atoms with Crippen LogP contribution in [0, 0.1) is 5.82 Å². The number of rotatable bonds is 3. The van der Waals surface area contributed by atoms with Crippen molar-refractivity contribution in [1.82, 2.24) is 4.90 Å². The van der Waals surface area contributed by atoms with Crippen molar-refractivity contribution in [3.05, 3.63) is 34.6 Å². The van der Waals surface area contributed by atoms with Gasteiger partial charge in [-0.05, 0) is 31.4 Å². The Morgan fingerprint density at radius 1 is 1.56 bits per heavy atom. The van der Waals surface area contributed by atoms with Crippen molar-refractivity contribution in [3.63, 3.8) is 0 Å². The second-order valence-corrected chi connectivity index (χ2v) is 5.28. The summed E-state index contributed by atoms with van der Waals surface area (Å²) >= 11 is 5.93. The fourth-order valence-corrected chi connectivity index (χ4v) is 2.37. The maximum Gasteiger partial charge on any atom is 0.242 e. The number of amides is 1. The van der Waals surface area contributed by atoms with Crippen LogP contribution in [0.5, 0.6) is 0 Å². The molecule has 0 radical (unpaired) electrons. The predicted octanol–water partition coefficient (Wildman–Crippen LogP) is 2.32. The van der Waals surface area contributed by atoms with Gasteiger partial charge in [0.25, 0.3) is 0 Å². The minimum atomic E-state index is -0.757. The summed E-state index contributed by atoms with van der Waals surface area (Å²) in [5.41, 5.74) is 5.53. The minimum Gasteiger partial charge on any atom is -0.340 e. The molecule has 0 heterocycles. The van der Waals surface area contributed by atoms with E-state index in [1.165, 1.54) is 11.0 Å². The number of likely N-dealkylation sites (N-methyl/N-ethyl adjacent to an activating group) is 1. The van der Waals surface area contributed by atoms with Gasteiger partial charge in [0.15, 0.2) is 0 Å². The predicted molar refractivity (Wildman–Crippen MR) is 68.7 cm³/mol. The second kappa shape index (κ2) is 4.86. The van der Waals surface area contributed by atoms with Gasteiger partial charge in [0.1, 0.15) is 5.82 Å². The van der Waals surface area contributed by atoms with Crippen molar-refractivity contribution >= 4 is 17.5 Å². The Morgan fingerprint density at radius 2 is 2.22 bits per heavy atom. The highest BCUT2D eigenvalue weighted by atomic mass is 35.5. The number of hydrogen-bond donors (Lipinski definition) is 1. The molecule has 1 saturated carbocycles. The molecule has 0 bridgehead atoms. The van der Waals surface area contributed by atoms with E-state index in [1.807, 2.05) is 0 Å². The lowest BCUT2D eigenvalue weighted by Gasteiger charge is -2.39. The van der Waals surface area contributed by atoms with E-state index in [0.29, 0.717) is 23.4 Å². The molecule has 0 aromatic heterocycles. The summed E-state index contributed by atoms with van der Waals surface area (Å²) in [5.74, 6) is -0.546. The topological polar surface area (TPSA) is 46.3 Å². The maximum absolute atomic E-state index is 13.6. The fourth-order valence-electron chi connectivity index (χ4n) is 2.14. The highest BCUT2D eigenvalue weighted by molar-refractivity contribution is 6.31. The normalized spacial score (nSPS) is 17.1. The molecule has 1 aromatic carbocycles. The van der Waals surface area contributed by atoms with Gasteiger partial charge in [-0.25, -0.2) is 4.39 Å². The molecule has 98 valence electrons. The third-order valence-electron chi connectivity index (χ3n) is 3.48. The molecule has 1 aliphatic carbocycles. The molecule has 0 atom stereocenters. The number of carbonyl (C=O) groups excluding carboxylic acids is 1. The Labute approximate surface area is 111 Å². The quantitative estimate of drug-likeness (QED) is 0.916. The van der Waals surface area contributed by atoms with Crippen LogP contribution in [0.25, 0.3) is 0 Å². The Kier molecular flexibility index (Phi) is 3.59. The lowest BCUT2D eigenvalue weighted by Crippen LogP contribution is -2.58. The smallest absolute Gasteiger partial charge is 0.242 e.